The maximum atomic E-state index is 13.5. The largest absolute Gasteiger partial charge is 0.417 e. The molecule has 0 aliphatic carbocycles. The summed E-state index contributed by atoms with van der Waals surface area (Å²) in [6, 6.07) is 5.35. The Bertz CT molecular complexity index is 960. The average Bonchev–Trinajstić information content (AvgIpc) is 3.46. The first kappa shape index (κ1) is 23.2. The number of amides is 3. The molecule has 3 saturated heterocycles. The van der Waals surface area contributed by atoms with Gasteiger partial charge in [0.05, 0.1) is 23.1 Å². The van der Waals surface area contributed by atoms with E-state index in [1.54, 1.807) is 13.1 Å². The normalized spacial score (nSPS) is 22.5. The van der Waals surface area contributed by atoms with Crippen molar-refractivity contribution >= 4 is 17.6 Å². The standard InChI is InChI=1S/C23H28F3N5O2/c1-28-20(32)19-14-31(17-5-4-16(13-27)18(12-17)23(24,25)26)15-22(19)6-10-30(11-7-22)21(33)29-8-2-3-9-29/h4-5,12,19H,2-3,6-11,14-15H2,1H3,(H,28,32). The molecule has 1 unspecified atom stereocenters. The molecule has 3 fully saturated rings. The zero-order valence-electron chi connectivity index (χ0n) is 18.6. The van der Waals surface area contributed by atoms with Gasteiger partial charge in [0, 0.05) is 57.4 Å². The summed E-state index contributed by atoms with van der Waals surface area (Å²) in [6.45, 7) is 3.32. The molecule has 1 N–H and O–H groups in total. The van der Waals surface area contributed by atoms with Crippen LogP contribution < -0.4 is 10.2 Å². The van der Waals surface area contributed by atoms with E-state index in [1.165, 1.54) is 12.1 Å². The van der Waals surface area contributed by atoms with Crippen LogP contribution in [-0.2, 0) is 11.0 Å². The fourth-order valence-corrected chi connectivity index (χ4v) is 5.52. The summed E-state index contributed by atoms with van der Waals surface area (Å²) < 4.78 is 40.4. The van der Waals surface area contributed by atoms with Crippen LogP contribution >= 0.6 is 0 Å². The molecule has 3 aliphatic heterocycles. The Morgan fingerprint density at radius 3 is 2.33 bits per heavy atom. The van der Waals surface area contributed by atoms with Gasteiger partial charge in [-0.1, -0.05) is 0 Å². The van der Waals surface area contributed by atoms with Crippen molar-refractivity contribution in [3.8, 4) is 6.07 Å². The number of carbonyl (C=O) groups is 2. The van der Waals surface area contributed by atoms with Crippen LogP contribution in [0.25, 0.3) is 0 Å². The monoisotopic (exact) mass is 463 g/mol. The molecule has 0 aromatic heterocycles. The molecular weight excluding hydrogens is 435 g/mol. The quantitative estimate of drug-likeness (QED) is 0.731. The highest BCUT2D eigenvalue weighted by Gasteiger charge is 2.52. The molecule has 0 radical (unpaired) electrons. The second-order valence-corrected chi connectivity index (χ2v) is 9.21. The summed E-state index contributed by atoms with van der Waals surface area (Å²) in [5.41, 5.74) is -1.46. The number of nitrogens with one attached hydrogen (secondary N) is 1. The van der Waals surface area contributed by atoms with Crippen molar-refractivity contribution in [3.05, 3.63) is 29.3 Å². The van der Waals surface area contributed by atoms with Crippen molar-refractivity contribution in [1.82, 2.24) is 15.1 Å². The Kier molecular flexibility index (Phi) is 6.16. The number of anilines is 1. The zero-order valence-corrected chi connectivity index (χ0v) is 18.6. The third kappa shape index (κ3) is 4.33. The summed E-state index contributed by atoms with van der Waals surface area (Å²) in [5, 5.41) is 11.8. The second kappa shape index (κ2) is 8.76. The molecule has 1 aromatic carbocycles. The summed E-state index contributed by atoms with van der Waals surface area (Å²) in [6.07, 6.45) is -1.38. The fraction of sp³-hybridized carbons (Fsp3) is 0.609. The number of nitrogens with zero attached hydrogens (tertiary/aromatic N) is 4. The van der Waals surface area contributed by atoms with E-state index in [9.17, 15) is 22.8 Å². The van der Waals surface area contributed by atoms with Gasteiger partial charge in [0.1, 0.15) is 0 Å². The van der Waals surface area contributed by atoms with Gasteiger partial charge in [-0.15, -0.1) is 0 Å². The molecule has 1 aromatic rings. The van der Waals surface area contributed by atoms with Crippen LogP contribution in [0, 0.1) is 22.7 Å². The molecule has 0 bridgehead atoms. The van der Waals surface area contributed by atoms with Gasteiger partial charge in [0.2, 0.25) is 5.91 Å². The Morgan fingerprint density at radius 2 is 1.76 bits per heavy atom. The molecule has 3 aliphatic rings. The van der Waals surface area contributed by atoms with E-state index in [1.807, 2.05) is 14.7 Å². The summed E-state index contributed by atoms with van der Waals surface area (Å²) in [7, 11) is 1.56. The number of hydrogen-bond acceptors (Lipinski definition) is 4. The number of alkyl halides is 3. The van der Waals surface area contributed by atoms with Gasteiger partial charge in [-0.3, -0.25) is 4.79 Å². The van der Waals surface area contributed by atoms with Crippen molar-refractivity contribution in [3.63, 3.8) is 0 Å². The highest BCUT2D eigenvalue weighted by atomic mass is 19.4. The van der Waals surface area contributed by atoms with Crippen molar-refractivity contribution in [2.75, 3.05) is 51.2 Å². The smallest absolute Gasteiger partial charge is 0.370 e. The molecule has 4 rings (SSSR count). The van der Waals surface area contributed by atoms with E-state index in [2.05, 4.69) is 5.32 Å². The lowest BCUT2D eigenvalue weighted by Gasteiger charge is -2.42. The van der Waals surface area contributed by atoms with E-state index < -0.39 is 28.6 Å². The first-order valence-electron chi connectivity index (χ1n) is 11.3. The van der Waals surface area contributed by atoms with Crippen LogP contribution in [-0.4, -0.2) is 68.1 Å². The van der Waals surface area contributed by atoms with Gasteiger partial charge in [-0.05, 0) is 43.9 Å². The second-order valence-electron chi connectivity index (χ2n) is 9.21. The Hall–Kier alpha value is -2.96. The molecule has 0 saturated carbocycles. The number of rotatable bonds is 2. The van der Waals surface area contributed by atoms with Crippen molar-refractivity contribution in [2.24, 2.45) is 11.3 Å². The van der Waals surface area contributed by atoms with Crippen LogP contribution in [0.5, 0.6) is 0 Å². The maximum absolute atomic E-state index is 13.5. The molecule has 33 heavy (non-hydrogen) atoms. The summed E-state index contributed by atoms with van der Waals surface area (Å²) >= 11 is 0. The number of hydrogen-bond donors (Lipinski definition) is 1. The predicted octanol–water partition coefficient (Wildman–Crippen LogP) is 3.06. The minimum absolute atomic E-state index is 0.0376. The predicted molar refractivity (Wildman–Crippen MR) is 115 cm³/mol. The fourth-order valence-electron chi connectivity index (χ4n) is 5.52. The van der Waals surface area contributed by atoms with Crippen LogP contribution in [0.3, 0.4) is 0 Å². The maximum Gasteiger partial charge on any atom is 0.417 e. The molecular formula is C23H28F3N5O2. The van der Waals surface area contributed by atoms with Crippen molar-refractivity contribution in [1.29, 1.82) is 5.26 Å². The Balaban J connectivity index is 1.56. The number of benzene rings is 1. The lowest BCUT2D eigenvalue weighted by atomic mass is 9.70. The minimum Gasteiger partial charge on any atom is -0.370 e. The summed E-state index contributed by atoms with van der Waals surface area (Å²) in [5.74, 6) is -0.530. The van der Waals surface area contributed by atoms with Crippen LogP contribution in [0.15, 0.2) is 18.2 Å². The van der Waals surface area contributed by atoms with Crippen LogP contribution in [0.1, 0.15) is 36.8 Å². The Morgan fingerprint density at radius 1 is 1.12 bits per heavy atom. The van der Waals surface area contributed by atoms with E-state index in [0.29, 0.717) is 44.7 Å². The van der Waals surface area contributed by atoms with Crippen molar-refractivity contribution in [2.45, 2.75) is 31.9 Å². The third-order valence-electron chi connectivity index (χ3n) is 7.41. The Labute approximate surface area is 191 Å². The lowest BCUT2D eigenvalue weighted by Crippen LogP contribution is -2.52. The van der Waals surface area contributed by atoms with Gasteiger partial charge >= 0.3 is 12.2 Å². The number of likely N-dealkylation sites (tertiary alicyclic amines) is 2. The SMILES string of the molecule is CNC(=O)C1CN(c2ccc(C#N)c(C(F)(F)F)c2)CC12CCN(C(=O)N1CCCC1)CC2. The first-order valence-corrected chi connectivity index (χ1v) is 11.3. The van der Waals surface area contributed by atoms with E-state index in [-0.39, 0.29) is 11.9 Å². The molecule has 10 heteroatoms. The molecule has 1 spiro atoms. The van der Waals surface area contributed by atoms with Crippen molar-refractivity contribution < 1.29 is 22.8 Å². The van der Waals surface area contributed by atoms with Gasteiger partial charge in [0.15, 0.2) is 0 Å². The molecule has 3 amide bonds. The highest BCUT2D eigenvalue weighted by molar-refractivity contribution is 5.81. The number of urea groups is 1. The number of piperidine rings is 1. The van der Waals surface area contributed by atoms with Gasteiger partial charge in [-0.25, -0.2) is 4.79 Å². The molecule has 3 heterocycles. The number of halogens is 3. The molecule has 178 valence electrons. The van der Waals surface area contributed by atoms with E-state index in [4.69, 9.17) is 5.26 Å². The van der Waals surface area contributed by atoms with Gasteiger partial charge in [-0.2, -0.15) is 18.4 Å². The van der Waals surface area contributed by atoms with E-state index in [0.717, 1.165) is 32.0 Å². The topological polar surface area (TPSA) is 79.7 Å². The number of nitriles is 1. The van der Waals surface area contributed by atoms with Crippen LogP contribution in [0.4, 0.5) is 23.7 Å². The minimum atomic E-state index is -4.64. The molecule has 7 nitrogen and oxygen atoms in total. The number of carbonyl (C=O) groups excluding carboxylic acids is 2. The highest BCUT2D eigenvalue weighted by Crippen LogP contribution is 2.47. The summed E-state index contributed by atoms with van der Waals surface area (Å²) in [4.78, 5) is 31.1. The first-order chi connectivity index (χ1) is 15.7. The molecule has 1 atom stereocenters. The third-order valence-corrected chi connectivity index (χ3v) is 7.41. The van der Waals surface area contributed by atoms with E-state index >= 15 is 0 Å². The van der Waals surface area contributed by atoms with Crippen LogP contribution in [0.2, 0.25) is 0 Å². The average molecular weight is 464 g/mol. The van der Waals surface area contributed by atoms with Gasteiger partial charge in [0.25, 0.3) is 0 Å². The van der Waals surface area contributed by atoms with Gasteiger partial charge < -0.3 is 20.0 Å². The lowest BCUT2D eigenvalue weighted by molar-refractivity contribution is -0.137. The zero-order chi connectivity index (χ0) is 23.8.